The summed E-state index contributed by atoms with van der Waals surface area (Å²) in [5.74, 6) is 0.810. The number of sulfonamides is 1. The van der Waals surface area contributed by atoms with Crippen LogP contribution in [-0.2, 0) is 10.0 Å². The Morgan fingerprint density at radius 3 is 2.18 bits per heavy atom. The minimum atomic E-state index is -3.50. The summed E-state index contributed by atoms with van der Waals surface area (Å²) in [7, 11) is -3.50. The van der Waals surface area contributed by atoms with Crippen molar-refractivity contribution in [2.45, 2.75) is 11.3 Å². The summed E-state index contributed by atoms with van der Waals surface area (Å²) in [5, 5.41) is 2.86. The van der Waals surface area contributed by atoms with Crippen molar-refractivity contribution in [2.24, 2.45) is 0 Å². The number of hydrogen-bond donors (Lipinski definition) is 1. The van der Waals surface area contributed by atoms with E-state index in [4.69, 9.17) is 4.74 Å². The second-order valence-corrected chi connectivity index (χ2v) is 8.39. The fourth-order valence-corrected chi connectivity index (χ4v) is 4.40. The van der Waals surface area contributed by atoms with Gasteiger partial charge in [-0.05, 0) is 30.7 Å². The third kappa shape index (κ3) is 5.24. The fourth-order valence-electron chi connectivity index (χ4n) is 2.96. The molecule has 1 saturated heterocycles. The standard InChI is InChI=1S/C20H25N3O4S/c24-20(21-12-7-17-27-18-8-3-1-4-9-18)22-13-15-23(16-14-22)28(25,26)19-10-5-2-6-11-19/h1-6,8-11H,7,12-17H2,(H,21,24). The second-order valence-electron chi connectivity index (χ2n) is 6.45. The summed E-state index contributed by atoms with van der Waals surface area (Å²) >= 11 is 0. The summed E-state index contributed by atoms with van der Waals surface area (Å²) < 4.78 is 32.3. The zero-order valence-corrected chi connectivity index (χ0v) is 16.5. The molecule has 0 unspecified atom stereocenters. The van der Waals surface area contributed by atoms with Crippen molar-refractivity contribution in [2.75, 3.05) is 39.3 Å². The average molecular weight is 404 g/mol. The van der Waals surface area contributed by atoms with Gasteiger partial charge in [0.25, 0.3) is 0 Å². The Morgan fingerprint density at radius 2 is 1.54 bits per heavy atom. The van der Waals surface area contributed by atoms with Crippen LogP contribution < -0.4 is 10.1 Å². The number of ether oxygens (including phenoxy) is 1. The normalized spacial score (nSPS) is 15.2. The average Bonchev–Trinajstić information content (AvgIpc) is 2.75. The van der Waals surface area contributed by atoms with E-state index >= 15 is 0 Å². The Kier molecular flexibility index (Phi) is 6.89. The van der Waals surface area contributed by atoms with E-state index in [9.17, 15) is 13.2 Å². The van der Waals surface area contributed by atoms with Crippen LogP contribution in [0.2, 0.25) is 0 Å². The first-order valence-corrected chi connectivity index (χ1v) is 10.8. The molecule has 2 aromatic rings. The molecule has 0 saturated carbocycles. The number of urea groups is 1. The summed E-state index contributed by atoms with van der Waals surface area (Å²) in [4.78, 5) is 14.2. The summed E-state index contributed by atoms with van der Waals surface area (Å²) in [6.07, 6.45) is 0.697. The maximum Gasteiger partial charge on any atom is 0.317 e. The lowest BCUT2D eigenvalue weighted by Crippen LogP contribution is -2.53. The molecule has 0 radical (unpaired) electrons. The van der Waals surface area contributed by atoms with Crippen molar-refractivity contribution in [3.63, 3.8) is 0 Å². The third-order valence-corrected chi connectivity index (χ3v) is 6.43. The van der Waals surface area contributed by atoms with Gasteiger partial charge in [0, 0.05) is 32.7 Å². The van der Waals surface area contributed by atoms with E-state index in [1.54, 1.807) is 35.2 Å². The van der Waals surface area contributed by atoms with E-state index in [0.717, 1.165) is 5.75 Å². The lowest BCUT2D eigenvalue weighted by Gasteiger charge is -2.34. The molecule has 28 heavy (non-hydrogen) atoms. The molecule has 0 bridgehead atoms. The van der Waals surface area contributed by atoms with Gasteiger partial charge < -0.3 is 15.0 Å². The lowest BCUT2D eigenvalue weighted by molar-refractivity contribution is 0.171. The number of piperazine rings is 1. The molecule has 1 fully saturated rings. The minimum Gasteiger partial charge on any atom is -0.494 e. The van der Waals surface area contributed by atoms with Gasteiger partial charge in [-0.1, -0.05) is 36.4 Å². The monoisotopic (exact) mass is 403 g/mol. The molecular weight excluding hydrogens is 378 g/mol. The highest BCUT2D eigenvalue weighted by atomic mass is 32.2. The molecule has 1 N–H and O–H groups in total. The number of amides is 2. The molecule has 0 aliphatic carbocycles. The first kappa shape index (κ1) is 20.2. The van der Waals surface area contributed by atoms with Crippen LogP contribution in [0.1, 0.15) is 6.42 Å². The molecule has 1 aliphatic rings. The molecule has 2 amide bonds. The molecule has 0 aromatic heterocycles. The Labute approximate surface area is 166 Å². The number of nitrogens with one attached hydrogen (secondary N) is 1. The fraction of sp³-hybridized carbons (Fsp3) is 0.350. The van der Waals surface area contributed by atoms with Crippen LogP contribution in [0.3, 0.4) is 0 Å². The van der Waals surface area contributed by atoms with Crippen LogP contribution in [0.15, 0.2) is 65.6 Å². The van der Waals surface area contributed by atoms with Gasteiger partial charge in [-0.15, -0.1) is 0 Å². The van der Waals surface area contributed by atoms with Crippen molar-refractivity contribution in [1.82, 2.24) is 14.5 Å². The van der Waals surface area contributed by atoms with Crippen molar-refractivity contribution >= 4 is 16.1 Å². The number of para-hydroxylation sites is 1. The lowest BCUT2D eigenvalue weighted by atomic mass is 10.3. The highest BCUT2D eigenvalue weighted by molar-refractivity contribution is 7.89. The van der Waals surface area contributed by atoms with Crippen molar-refractivity contribution < 1.29 is 17.9 Å². The maximum atomic E-state index is 12.6. The van der Waals surface area contributed by atoms with E-state index in [-0.39, 0.29) is 10.9 Å². The van der Waals surface area contributed by atoms with Crippen molar-refractivity contribution in [3.8, 4) is 5.75 Å². The van der Waals surface area contributed by atoms with E-state index in [2.05, 4.69) is 5.32 Å². The van der Waals surface area contributed by atoms with E-state index in [1.807, 2.05) is 30.3 Å². The topological polar surface area (TPSA) is 79.0 Å². The number of benzene rings is 2. The largest absolute Gasteiger partial charge is 0.494 e. The van der Waals surface area contributed by atoms with Gasteiger partial charge in [-0.3, -0.25) is 0 Å². The van der Waals surface area contributed by atoms with Crippen LogP contribution in [0.25, 0.3) is 0 Å². The zero-order valence-electron chi connectivity index (χ0n) is 15.7. The van der Waals surface area contributed by atoms with Crippen LogP contribution in [0.4, 0.5) is 4.79 Å². The molecule has 0 spiro atoms. The van der Waals surface area contributed by atoms with Crippen molar-refractivity contribution in [3.05, 3.63) is 60.7 Å². The number of carbonyl (C=O) groups excluding carboxylic acids is 1. The Morgan fingerprint density at radius 1 is 0.929 bits per heavy atom. The molecule has 1 aliphatic heterocycles. The quantitative estimate of drug-likeness (QED) is 0.719. The predicted octanol–water partition coefficient (Wildman–Crippen LogP) is 2.17. The Hall–Kier alpha value is -2.58. The first-order chi connectivity index (χ1) is 13.6. The molecule has 7 nitrogen and oxygen atoms in total. The Balaban J connectivity index is 1.38. The van der Waals surface area contributed by atoms with E-state index < -0.39 is 10.0 Å². The van der Waals surface area contributed by atoms with E-state index in [1.165, 1.54) is 4.31 Å². The highest BCUT2D eigenvalue weighted by Crippen LogP contribution is 2.17. The van der Waals surface area contributed by atoms with Gasteiger partial charge in [0.05, 0.1) is 11.5 Å². The predicted molar refractivity (Wildman–Crippen MR) is 107 cm³/mol. The molecule has 150 valence electrons. The zero-order chi connectivity index (χ0) is 19.8. The summed E-state index contributed by atoms with van der Waals surface area (Å²) in [5.41, 5.74) is 0. The number of hydrogen-bond acceptors (Lipinski definition) is 4. The van der Waals surface area contributed by atoms with Gasteiger partial charge in [-0.2, -0.15) is 4.31 Å². The SMILES string of the molecule is O=C(NCCCOc1ccccc1)N1CCN(S(=O)(=O)c2ccccc2)CC1. The molecular formula is C20H25N3O4S. The molecule has 2 aromatic carbocycles. The van der Waals surface area contributed by atoms with Gasteiger partial charge >= 0.3 is 6.03 Å². The minimum absolute atomic E-state index is 0.170. The van der Waals surface area contributed by atoms with Gasteiger partial charge in [0.1, 0.15) is 5.75 Å². The molecule has 0 atom stereocenters. The summed E-state index contributed by atoms with van der Waals surface area (Å²) in [6, 6.07) is 17.7. The van der Waals surface area contributed by atoms with Gasteiger partial charge in [0.15, 0.2) is 0 Å². The third-order valence-electron chi connectivity index (χ3n) is 4.52. The van der Waals surface area contributed by atoms with Crippen LogP contribution >= 0.6 is 0 Å². The smallest absolute Gasteiger partial charge is 0.317 e. The maximum absolute atomic E-state index is 12.6. The first-order valence-electron chi connectivity index (χ1n) is 9.33. The van der Waals surface area contributed by atoms with E-state index in [0.29, 0.717) is 45.8 Å². The van der Waals surface area contributed by atoms with Crippen LogP contribution in [0.5, 0.6) is 5.75 Å². The molecule has 3 rings (SSSR count). The molecule has 1 heterocycles. The van der Waals surface area contributed by atoms with Crippen LogP contribution in [0, 0.1) is 0 Å². The van der Waals surface area contributed by atoms with Gasteiger partial charge in [0.2, 0.25) is 10.0 Å². The summed E-state index contributed by atoms with van der Waals surface area (Å²) in [6.45, 7) is 2.36. The van der Waals surface area contributed by atoms with Gasteiger partial charge in [-0.25, -0.2) is 13.2 Å². The van der Waals surface area contributed by atoms with Crippen molar-refractivity contribution in [1.29, 1.82) is 0 Å². The van der Waals surface area contributed by atoms with Crippen LogP contribution in [-0.4, -0.2) is 63.0 Å². The number of nitrogens with zero attached hydrogens (tertiary/aromatic N) is 2. The number of rotatable bonds is 7. The number of carbonyl (C=O) groups is 1. The molecule has 8 heteroatoms. The Bertz CT molecular complexity index is 852. The highest BCUT2D eigenvalue weighted by Gasteiger charge is 2.29. The second kappa shape index (κ2) is 9.57.